The molecule has 5 heteroatoms. The van der Waals surface area contributed by atoms with Crippen LogP contribution in [0.5, 0.6) is 11.5 Å². The molecule has 0 saturated heterocycles. The molecule has 1 amide bonds. The van der Waals surface area contributed by atoms with E-state index in [0.717, 1.165) is 11.3 Å². The first-order chi connectivity index (χ1) is 12.0. The number of ether oxygens (including phenoxy) is 2. The van der Waals surface area contributed by atoms with E-state index >= 15 is 0 Å². The largest absolute Gasteiger partial charge is 0.491 e. The van der Waals surface area contributed by atoms with E-state index in [9.17, 15) is 4.79 Å². The van der Waals surface area contributed by atoms with Gasteiger partial charge in [-0.2, -0.15) is 0 Å². The fourth-order valence-electron chi connectivity index (χ4n) is 2.41. The van der Waals surface area contributed by atoms with E-state index in [0.29, 0.717) is 30.3 Å². The second-order valence-electron chi connectivity index (χ2n) is 5.88. The molecule has 0 aromatic heterocycles. The van der Waals surface area contributed by atoms with Gasteiger partial charge in [0.2, 0.25) is 0 Å². The molecule has 0 saturated carbocycles. The Morgan fingerprint density at radius 1 is 1.16 bits per heavy atom. The zero-order valence-electron chi connectivity index (χ0n) is 14.8. The molecular formula is C20H24ClNO3. The summed E-state index contributed by atoms with van der Waals surface area (Å²) in [6.45, 7) is 6.79. The summed E-state index contributed by atoms with van der Waals surface area (Å²) in [5.41, 5.74) is 2.28. The molecule has 25 heavy (non-hydrogen) atoms. The Balaban J connectivity index is 1.78. The van der Waals surface area contributed by atoms with Gasteiger partial charge >= 0.3 is 0 Å². The molecule has 4 nitrogen and oxygen atoms in total. The highest BCUT2D eigenvalue weighted by molar-refractivity contribution is 6.30. The van der Waals surface area contributed by atoms with E-state index in [4.69, 9.17) is 21.1 Å². The van der Waals surface area contributed by atoms with Gasteiger partial charge in [-0.05, 0) is 56.2 Å². The smallest absolute Gasteiger partial charge is 0.261 e. The maximum Gasteiger partial charge on any atom is 0.261 e. The van der Waals surface area contributed by atoms with Crippen LogP contribution in [-0.2, 0) is 4.79 Å². The molecule has 2 rings (SSSR count). The normalized spacial score (nSPS) is 11.7. The number of hydrogen-bond acceptors (Lipinski definition) is 3. The van der Waals surface area contributed by atoms with Gasteiger partial charge in [-0.15, -0.1) is 0 Å². The minimum atomic E-state index is -0.540. The maximum atomic E-state index is 12.3. The van der Waals surface area contributed by atoms with Crippen LogP contribution in [0.1, 0.15) is 24.5 Å². The summed E-state index contributed by atoms with van der Waals surface area (Å²) in [5.74, 6) is 1.31. The predicted molar refractivity (Wildman–Crippen MR) is 101 cm³/mol. The number of carbonyl (C=O) groups excluding carboxylic acids is 1. The minimum absolute atomic E-state index is 0.151. The summed E-state index contributed by atoms with van der Waals surface area (Å²) in [5, 5.41) is 3.48. The van der Waals surface area contributed by atoms with Gasteiger partial charge in [0.15, 0.2) is 6.10 Å². The Bertz CT molecular complexity index is 701. The van der Waals surface area contributed by atoms with Gasteiger partial charge in [-0.3, -0.25) is 4.79 Å². The van der Waals surface area contributed by atoms with E-state index in [1.54, 1.807) is 24.3 Å². The molecule has 2 aromatic rings. The lowest BCUT2D eigenvalue weighted by molar-refractivity contribution is -0.128. The molecule has 0 heterocycles. The first kappa shape index (κ1) is 19.1. The Hall–Kier alpha value is -2.20. The van der Waals surface area contributed by atoms with Crippen LogP contribution < -0.4 is 14.8 Å². The lowest BCUT2D eigenvalue weighted by atomic mass is 10.1. The van der Waals surface area contributed by atoms with Crippen molar-refractivity contribution in [1.29, 1.82) is 0 Å². The number of halogens is 1. The van der Waals surface area contributed by atoms with Crippen molar-refractivity contribution in [2.75, 3.05) is 13.2 Å². The number of amides is 1. The first-order valence-corrected chi connectivity index (χ1v) is 8.77. The predicted octanol–water partition coefficient (Wildman–Crippen LogP) is 4.31. The molecule has 0 aliphatic rings. The number of hydrogen-bond donors (Lipinski definition) is 1. The molecule has 134 valence electrons. The SMILES string of the molecule is CC[C@H](Oc1ccc(Cl)cc1)C(=O)NCCOc1ccc(C)cc1C. The van der Waals surface area contributed by atoms with Gasteiger partial charge in [0.05, 0.1) is 6.54 Å². The average molecular weight is 362 g/mol. The lowest BCUT2D eigenvalue weighted by Gasteiger charge is -2.17. The molecular weight excluding hydrogens is 338 g/mol. The van der Waals surface area contributed by atoms with Gasteiger partial charge in [0.25, 0.3) is 5.91 Å². The average Bonchev–Trinajstić information content (AvgIpc) is 2.59. The highest BCUT2D eigenvalue weighted by atomic mass is 35.5. The van der Waals surface area contributed by atoms with Gasteiger partial charge in [0.1, 0.15) is 18.1 Å². The molecule has 1 atom stereocenters. The van der Waals surface area contributed by atoms with Crippen LogP contribution in [0, 0.1) is 13.8 Å². The molecule has 0 spiro atoms. The van der Waals surface area contributed by atoms with Crippen molar-refractivity contribution in [2.45, 2.75) is 33.3 Å². The third-order valence-corrected chi connectivity index (χ3v) is 4.00. The summed E-state index contributed by atoms with van der Waals surface area (Å²) < 4.78 is 11.4. The molecule has 0 radical (unpaired) electrons. The van der Waals surface area contributed by atoms with Gasteiger partial charge < -0.3 is 14.8 Å². The first-order valence-electron chi connectivity index (χ1n) is 8.39. The highest BCUT2D eigenvalue weighted by Gasteiger charge is 2.17. The zero-order chi connectivity index (χ0) is 18.2. The number of carbonyl (C=O) groups is 1. The maximum absolute atomic E-state index is 12.3. The van der Waals surface area contributed by atoms with Crippen LogP contribution in [0.25, 0.3) is 0 Å². The topological polar surface area (TPSA) is 47.6 Å². The van der Waals surface area contributed by atoms with Crippen molar-refractivity contribution in [2.24, 2.45) is 0 Å². The van der Waals surface area contributed by atoms with Gasteiger partial charge in [0, 0.05) is 5.02 Å². The van der Waals surface area contributed by atoms with E-state index in [2.05, 4.69) is 11.4 Å². The second-order valence-corrected chi connectivity index (χ2v) is 6.31. The van der Waals surface area contributed by atoms with E-state index in [1.165, 1.54) is 5.56 Å². The zero-order valence-corrected chi connectivity index (χ0v) is 15.6. The van der Waals surface area contributed by atoms with Crippen LogP contribution in [0.3, 0.4) is 0 Å². The van der Waals surface area contributed by atoms with Crippen LogP contribution in [0.2, 0.25) is 5.02 Å². The van der Waals surface area contributed by atoms with Crippen LogP contribution in [0.15, 0.2) is 42.5 Å². The molecule has 0 aliphatic carbocycles. The lowest BCUT2D eigenvalue weighted by Crippen LogP contribution is -2.39. The number of nitrogens with one attached hydrogen (secondary N) is 1. The summed E-state index contributed by atoms with van der Waals surface area (Å²) in [4.78, 5) is 12.3. The van der Waals surface area contributed by atoms with Gasteiger partial charge in [-0.25, -0.2) is 0 Å². The molecule has 2 aromatic carbocycles. The quantitative estimate of drug-likeness (QED) is 0.713. The van der Waals surface area contributed by atoms with Crippen molar-refractivity contribution >= 4 is 17.5 Å². The molecule has 0 aliphatic heterocycles. The summed E-state index contributed by atoms with van der Waals surface area (Å²) in [7, 11) is 0. The van der Waals surface area contributed by atoms with E-state index in [1.807, 2.05) is 32.9 Å². The Labute approximate surface area is 154 Å². The summed E-state index contributed by atoms with van der Waals surface area (Å²) in [6.07, 6.45) is 0.0362. The molecule has 0 fully saturated rings. The molecule has 0 unspecified atom stereocenters. The standard InChI is InChI=1S/C20H24ClNO3/c1-4-18(25-17-8-6-16(21)7-9-17)20(23)22-11-12-24-19-10-5-14(2)13-15(19)3/h5-10,13,18H,4,11-12H2,1-3H3,(H,22,23)/t18-/m0/s1. The second kappa shape index (κ2) is 9.33. The third-order valence-electron chi connectivity index (χ3n) is 3.74. The van der Waals surface area contributed by atoms with Crippen molar-refractivity contribution in [1.82, 2.24) is 5.32 Å². The van der Waals surface area contributed by atoms with Crippen LogP contribution >= 0.6 is 11.6 Å². The highest BCUT2D eigenvalue weighted by Crippen LogP contribution is 2.19. The fraction of sp³-hybridized carbons (Fsp3) is 0.350. The Morgan fingerprint density at radius 3 is 2.52 bits per heavy atom. The fourth-order valence-corrected chi connectivity index (χ4v) is 2.54. The number of rotatable bonds is 8. The number of aryl methyl sites for hydroxylation is 2. The number of benzene rings is 2. The van der Waals surface area contributed by atoms with Crippen molar-refractivity contribution < 1.29 is 14.3 Å². The van der Waals surface area contributed by atoms with Crippen molar-refractivity contribution in [3.05, 3.63) is 58.6 Å². The molecule has 0 bridgehead atoms. The summed E-state index contributed by atoms with van der Waals surface area (Å²) >= 11 is 5.85. The van der Waals surface area contributed by atoms with Crippen molar-refractivity contribution in [3.63, 3.8) is 0 Å². The van der Waals surface area contributed by atoms with Crippen LogP contribution in [-0.4, -0.2) is 25.2 Å². The Morgan fingerprint density at radius 2 is 1.88 bits per heavy atom. The third kappa shape index (κ3) is 5.98. The monoisotopic (exact) mass is 361 g/mol. The minimum Gasteiger partial charge on any atom is -0.491 e. The van der Waals surface area contributed by atoms with Gasteiger partial charge in [-0.1, -0.05) is 36.2 Å². The van der Waals surface area contributed by atoms with Crippen LogP contribution in [0.4, 0.5) is 0 Å². The summed E-state index contributed by atoms with van der Waals surface area (Å²) in [6, 6.07) is 13.0. The molecule has 1 N–H and O–H groups in total. The van der Waals surface area contributed by atoms with E-state index in [-0.39, 0.29) is 5.91 Å². The van der Waals surface area contributed by atoms with E-state index < -0.39 is 6.10 Å². The Kier molecular flexibility index (Phi) is 7.14. The van der Waals surface area contributed by atoms with Crippen molar-refractivity contribution in [3.8, 4) is 11.5 Å².